The summed E-state index contributed by atoms with van der Waals surface area (Å²) >= 11 is 9.24. The summed E-state index contributed by atoms with van der Waals surface area (Å²) in [7, 11) is -3.78. The molecule has 2 aromatic carbocycles. The molecule has 0 aromatic heterocycles. The highest BCUT2D eigenvalue weighted by molar-refractivity contribution is 9.10. The molecule has 0 aliphatic carbocycles. The van der Waals surface area contributed by atoms with Gasteiger partial charge in [0.2, 0.25) is 15.9 Å². The molecule has 10 heteroatoms. The van der Waals surface area contributed by atoms with Gasteiger partial charge in [-0.1, -0.05) is 34.5 Å². The predicted molar refractivity (Wildman–Crippen MR) is 104 cm³/mol. The first-order valence-electron chi connectivity index (χ1n) is 7.73. The summed E-state index contributed by atoms with van der Waals surface area (Å²) in [6.07, 6.45) is 0. The molecule has 0 spiro atoms. The van der Waals surface area contributed by atoms with Crippen molar-refractivity contribution in [1.82, 2.24) is 0 Å². The van der Waals surface area contributed by atoms with Crippen LogP contribution in [0.3, 0.4) is 0 Å². The fourth-order valence-corrected chi connectivity index (χ4v) is 5.09. The number of benzene rings is 2. The molecule has 142 valence electrons. The van der Waals surface area contributed by atoms with Crippen LogP contribution in [0.2, 0.25) is 5.02 Å². The van der Waals surface area contributed by atoms with E-state index in [9.17, 15) is 22.4 Å². The van der Waals surface area contributed by atoms with Crippen molar-refractivity contribution in [2.24, 2.45) is 5.92 Å². The maximum absolute atomic E-state index is 13.9. The summed E-state index contributed by atoms with van der Waals surface area (Å²) in [6.45, 7) is 1.52. The number of carbonyl (C=O) groups excluding carboxylic acids is 2. The van der Waals surface area contributed by atoms with Crippen LogP contribution >= 0.6 is 27.5 Å². The van der Waals surface area contributed by atoms with E-state index in [0.29, 0.717) is 8.78 Å². The first-order chi connectivity index (χ1) is 12.6. The van der Waals surface area contributed by atoms with Gasteiger partial charge < -0.3 is 5.32 Å². The second-order valence-electron chi connectivity index (χ2n) is 6.02. The lowest BCUT2D eigenvalue weighted by molar-refractivity contribution is -0.119. The predicted octanol–water partition coefficient (Wildman–Crippen LogP) is 3.81. The van der Waals surface area contributed by atoms with Crippen LogP contribution in [0.15, 0.2) is 40.9 Å². The van der Waals surface area contributed by atoms with Crippen LogP contribution in [0.4, 0.5) is 15.8 Å². The van der Waals surface area contributed by atoms with Gasteiger partial charge in [0.25, 0.3) is 5.91 Å². The average molecular weight is 476 g/mol. The molecule has 0 bridgehead atoms. The van der Waals surface area contributed by atoms with Gasteiger partial charge in [0.05, 0.1) is 33.6 Å². The number of nitrogens with one attached hydrogen (secondary N) is 1. The molecule has 1 heterocycles. The molecule has 1 unspecified atom stereocenters. The fourth-order valence-electron chi connectivity index (χ4n) is 2.68. The Labute approximate surface area is 168 Å². The molecule has 0 radical (unpaired) electrons. The summed E-state index contributed by atoms with van der Waals surface area (Å²) in [4.78, 5) is 24.5. The van der Waals surface area contributed by atoms with Crippen molar-refractivity contribution in [2.45, 2.75) is 6.92 Å². The van der Waals surface area contributed by atoms with Crippen LogP contribution in [0.25, 0.3) is 0 Å². The summed E-state index contributed by atoms with van der Waals surface area (Å²) in [5.41, 5.74) is 0.0371. The van der Waals surface area contributed by atoms with E-state index in [2.05, 4.69) is 21.2 Å². The molecule has 1 atom stereocenters. The number of sulfonamides is 1. The minimum absolute atomic E-state index is 0.0137. The van der Waals surface area contributed by atoms with Crippen molar-refractivity contribution in [3.8, 4) is 0 Å². The summed E-state index contributed by atoms with van der Waals surface area (Å²) in [5.74, 6) is -2.79. The Bertz CT molecular complexity index is 1060. The average Bonchev–Trinajstić information content (AvgIpc) is 2.77. The SMILES string of the molecule is CC1CS(=O)(=O)N(c2ccc(C(=O)Nc3ccc(Br)cc3F)c(Cl)c2)C1=O. The molecule has 1 N–H and O–H groups in total. The highest BCUT2D eigenvalue weighted by Crippen LogP contribution is 2.32. The molecule has 1 aliphatic heterocycles. The standard InChI is InChI=1S/C17H13BrClFN2O4S/c1-9-8-27(25,26)22(17(9)24)11-3-4-12(13(19)7-11)16(23)21-15-5-2-10(18)6-14(15)20/h2-7,9H,8H2,1H3,(H,21,23). The van der Waals surface area contributed by atoms with E-state index < -0.39 is 33.6 Å². The lowest BCUT2D eigenvalue weighted by Crippen LogP contribution is -2.30. The van der Waals surface area contributed by atoms with Crippen LogP contribution in [0.5, 0.6) is 0 Å². The summed E-state index contributed by atoms with van der Waals surface area (Å²) < 4.78 is 39.4. The first kappa shape index (κ1) is 19.8. The third-order valence-corrected chi connectivity index (χ3v) is 6.65. The third kappa shape index (κ3) is 3.85. The maximum Gasteiger partial charge on any atom is 0.257 e. The van der Waals surface area contributed by atoms with Gasteiger partial charge in [-0.3, -0.25) is 9.59 Å². The number of amides is 2. The molecule has 1 saturated heterocycles. The first-order valence-corrected chi connectivity index (χ1v) is 10.5. The normalized spacial score (nSPS) is 18.6. The molecule has 2 amide bonds. The van der Waals surface area contributed by atoms with Gasteiger partial charge in [-0.05, 0) is 36.4 Å². The molecule has 1 aliphatic rings. The quantitative estimate of drug-likeness (QED) is 0.732. The van der Waals surface area contributed by atoms with Crippen molar-refractivity contribution >= 4 is 60.7 Å². The van der Waals surface area contributed by atoms with Crippen molar-refractivity contribution < 1.29 is 22.4 Å². The Morgan fingerprint density at radius 2 is 2.00 bits per heavy atom. The van der Waals surface area contributed by atoms with Crippen LogP contribution in [0, 0.1) is 11.7 Å². The third-order valence-electron chi connectivity index (χ3n) is 3.97. The maximum atomic E-state index is 13.9. The van der Waals surface area contributed by atoms with Crippen LogP contribution in [-0.4, -0.2) is 26.0 Å². The molecular weight excluding hydrogens is 463 g/mol. The zero-order valence-electron chi connectivity index (χ0n) is 13.9. The van der Waals surface area contributed by atoms with Crippen LogP contribution < -0.4 is 9.62 Å². The summed E-state index contributed by atoms with van der Waals surface area (Å²) in [5, 5.41) is 2.33. The van der Waals surface area contributed by atoms with Crippen LogP contribution in [-0.2, 0) is 14.8 Å². The number of halogens is 3. The molecular formula is C17H13BrClFN2O4S. The fraction of sp³-hybridized carbons (Fsp3) is 0.176. The van der Waals surface area contributed by atoms with E-state index in [1.54, 1.807) is 6.07 Å². The summed E-state index contributed by atoms with van der Waals surface area (Å²) in [6, 6.07) is 7.97. The number of carbonyl (C=O) groups is 2. The minimum Gasteiger partial charge on any atom is -0.319 e. The molecule has 6 nitrogen and oxygen atoms in total. The second kappa shape index (κ2) is 7.21. The van der Waals surface area contributed by atoms with Gasteiger partial charge >= 0.3 is 0 Å². The van der Waals surface area contributed by atoms with Crippen molar-refractivity contribution in [3.63, 3.8) is 0 Å². The number of rotatable bonds is 3. The highest BCUT2D eigenvalue weighted by atomic mass is 79.9. The number of hydrogen-bond acceptors (Lipinski definition) is 4. The Morgan fingerprint density at radius 1 is 1.30 bits per heavy atom. The lowest BCUT2D eigenvalue weighted by atomic mass is 10.1. The zero-order chi connectivity index (χ0) is 19.9. The topological polar surface area (TPSA) is 83.6 Å². The lowest BCUT2D eigenvalue weighted by Gasteiger charge is -2.16. The van der Waals surface area contributed by atoms with E-state index in [0.717, 1.165) is 0 Å². The van der Waals surface area contributed by atoms with Gasteiger partial charge in [-0.2, -0.15) is 0 Å². The van der Waals surface area contributed by atoms with Gasteiger partial charge in [-0.25, -0.2) is 17.1 Å². The number of anilines is 2. The number of hydrogen-bond donors (Lipinski definition) is 1. The largest absolute Gasteiger partial charge is 0.319 e. The Kier molecular flexibility index (Phi) is 5.29. The Morgan fingerprint density at radius 3 is 2.56 bits per heavy atom. The zero-order valence-corrected chi connectivity index (χ0v) is 17.0. The van der Waals surface area contributed by atoms with E-state index >= 15 is 0 Å². The molecule has 27 heavy (non-hydrogen) atoms. The second-order valence-corrected chi connectivity index (χ2v) is 9.21. The Hall–Kier alpha value is -1.97. The van der Waals surface area contributed by atoms with Crippen molar-refractivity contribution in [1.29, 1.82) is 0 Å². The molecule has 2 aromatic rings. The van der Waals surface area contributed by atoms with Gasteiger partial charge in [0, 0.05) is 4.47 Å². The van der Waals surface area contributed by atoms with Crippen molar-refractivity contribution in [2.75, 3.05) is 15.4 Å². The monoisotopic (exact) mass is 474 g/mol. The smallest absolute Gasteiger partial charge is 0.257 e. The van der Waals surface area contributed by atoms with Crippen molar-refractivity contribution in [3.05, 3.63) is 57.3 Å². The van der Waals surface area contributed by atoms with E-state index in [1.807, 2.05) is 0 Å². The van der Waals surface area contributed by atoms with E-state index in [-0.39, 0.29) is 27.7 Å². The van der Waals surface area contributed by atoms with Gasteiger partial charge in [0.15, 0.2) is 0 Å². The van der Waals surface area contributed by atoms with Gasteiger partial charge in [0.1, 0.15) is 5.82 Å². The molecule has 1 fully saturated rings. The molecule has 0 saturated carbocycles. The van der Waals surface area contributed by atoms with E-state index in [4.69, 9.17) is 11.6 Å². The van der Waals surface area contributed by atoms with E-state index in [1.165, 1.54) is 37.3 Å². The Balaban J connectivity index is 1.89. The number of nitrogens with zero attached hydrogens (tertiary/aromatic N) is 1. The molecule has 3 rings (SSSR count). The van der Waals surface area contributed by atoms with Crippen LogP contribution in [0.1, 0.15) is 17.3 Å². The highest BCUT2D eigenvalue weighted by Gasteiger charge is 2.42. The minimum atomic E-state index is -3.78. The van der Waals surface area contributed by atoms with Gasteiger partial charge in [-0.15, -0.1) is 0 Å².